The van der Waals surface area contributed by atoms with E-state index in [4.69, 9.17) is 18.9 Å². The highest BCUT2D eigenvalue weighted by Gasteiger charge is 2.58. The predicted octanol–water partition coefficient (Wildman–Crippen LogP) is 3.83. The zero-order chi connectivity index (χ0) is 18.5. The summed E-state index contributed by atoms with van der Waals surface area (Å²) in [5, 5.41) is 10.2. The second-order valence-corrected chi connectivity index (χ2v) is 8.89. The van der Waals surface area contributed by atoms with Crippen LogP contribution in [0.5, 0.6) is 0 Å². The van der Waals surface area contributed by atoms with Gasteiger partial charge in [-0.15, -0.1) is 0 Å². The molecule has 0 aromatic rings. The van der Waals surface area contributed by atoms with E-state index in [-0.39, 0.29) is 11.7 Å². The topological polar surface area (TPSA) is 57.2 Å². The Morgan fingerprint density at radius 2 is 2.00 bits per heavy atom. The molecule has 26 heavy (non-hydrogen) atoms. The van der Waals surface area contributed by atoms with E-state index in [9.17, 15) is 5.11 Å². The fraction of sp³-hybridized carbons (Fsp3) is 0.905. The minimum Gasteiger partial charge on any atom is -0.390 e. The fourth-order valence-electron chi connectivity index (χ4n) is 5.29. The quantitative estimate of drug-likeness (QED) is 0.769. The first kappa shape index (κ1) is 18.9. The van der Waals surface area contributed by atoms with Crippen LogP contribution in [0, 0.1) is 0 Å². The molecule has 3 fully saturated rings. The molecule has 148 valence electrons. The summed E-state index contributed by atoms with van der Waals surface area (Å²) in [6.45, 7) is 6.82. The zero-order valence-corrected chi connectivity index (χ0v) is 16.5. The predicted molar refractivity (Wildman–Crippen MR) is 97.6 cm³/mol. The molecule has 4 rings (SSSR count). The molecule has 0 bridgehead atoms. The SMILES string of the molecule is CC[C@]1([C@H](C)O)CC[C@H]([C@]2(C)CC[C@@]3(CC=C[C@@]4(CCCCO4)O3)O2)O1. The minimum atomic E-state index is -0.606. The molecule has 2 spiro atoms. The lowest BCUT2D eigenvalue weighted by molar-refractivity contribution is -0.363. The van der Waals surface area contributed by atoms with E-state index in [0.717, 1.165) is 64.4 Å². The second-order valence-electron chi connectivity index (χ2n) is 8.89. The number of rotatable bonds is 3. The highest BCUT2D eigenvalue weighted by atomic mass is 16.8. The molecule has 0 unspecified atom stereocenters. The van der Waals surface area contributed by atoms with Gasteiger partial charge in [0.2, 0.25) is 0 Å². The van der Waals surface area contributed by atoms with Gasteiger partial charge in [0.05, 0.1) is 30.0 Å². The van der Waals surface area contributed by atoms with Crippen molar-refractivity contribution in [3.8, 4) is 0 Å². The van der Waals surface area contributed by atoms with Gasteiger partial charge in [0, 0.05) is 19.3 Å². The first-order valence-corrected chi connectivity index (χ1v) is 10.4. The van der Waals surface area contributed by atoms with E-state index >= 15 is 0 Å². The highest BCUT2D eigenvalue weighted by Crippen LogP contribution is 2.52. The Bertz CT molecular complexity index is 555. The van der Waals surface area contributed by atoms with Gasteiger partial charge in [-0.1, -0.05) is 13.0 Å². The molecule has 1 N–H and O–H groups in total. The van der Waals surface area contributed by atoms with Crippen LogP contribution in [0.15, 0.2) is 12.2 Å². The average molecular weight is 366 g/mol. The van der Waals surface area contributed by atoms with Crippen molar-refractivity contribution in [2.75, 3.05) is 6.61 Å². The second kappa shape index (κ2) is 6.56. The van der Waals surface area contributed by atoms with Gasteiger partial charge in [0.1, 0.15) is 0 Å². The molecule has 4 heterocycles. The van der Waals surface area contributed by atoms with Crippen LogP contribution in [0.1, 0.15) is 78.6 Å². The minimum absolute atomic E-state index is 0.00541. The Hall–Kier alpha value is -0.460. The molecule has 0 aliphatic carbocycles. The molecule has 6 atom stereocenters. The van der Waals surface area contributed by atoms with Crippen molar-refractivity contribution in [3.63, 3.8) is 0 Å². The molecular weight excluding hydrogens is 332 g/mol. The van der Waals surface area contributed by atoms with Crippen molar-refractivity contribution >= 4 is 0 Å². The lowest BCUT2D eigenvalue weighted by atomic mass is 9.89. The van der Waals surface area contributed by atoms with Crippen LogP contribution in [-0.4, -0.2) is 46.7 Å². The van der Waals surface area contributed by atoms with Gasteiger partial charge in [-0.05, 0) is 58.4 Å². The van der Waals surface area contributed by atoms with Crippen molar-refractivity contribution in [3.05, 3.63) is 12.2 Å². The monoisotopic (exact) mass is 366 g/mol. The molecule has 4 aliphatic heterocycles. The Morgan fingerprint density at radius 3 is 2.65 bits per heavy atom. The van der Waals surface area contributed by atoms with Gasteiger partial charge < -0.3 is 24.1 Å². The van der Waals surface area contributed by atoms with Crippen molar-refractivity contribution in [2.24, 2.45) is 0 Å². The van der Waals surface area contributed by atoms with Gasteiger partial charge in [-0.25, -0.2) is 0 Å². The average Bonchev–Trinajstić information content (AvgIpc) is 3.20. The summed E-state index contributed by atoms with van der Waals surface area (Å²) in [5.74, 6) is -1.21. The molecule has 0 aromatic carbocycles. The maximum Gasteiger partial charge on any atom is 0.191 e. The lowest BCUT2D eigenvalue weighted by Gasteiger charge is -2.46. The highest BCUT2D eigenvalue weighted by molar-refractivity contribution is 5.10. The van der Waals surface area contributed by atoms with Gasteiger partial charge in [-0.3, -0.25) is 0 Å². The maximum absolute atomic E-state index is 10.2. The van der Waals surface area contributed by atoms with Crippen LogP contribution < -0.4 is 0 Å². The Balaban J connectivity index is 1.48. The smallest absolute Gasteiger partial charge is 0.191 e. The summed E-state index contributed by atoms with van der Waals surface area (Å²) in [4.78, 5) is 0. The number of hydrogen-bond acceptors (Lipinski definition) is 5. The van der Waals surface area contributed by atoms with Crippen LogP contribution in [0.4, 0.5) is 0 Å². The Kier molecular flexibility index (Phi) is 4.76. The van der Waals surface area contributed by atoms with E-state index in [1.807, 2.05) is 6.92 Å². The van der Waals surface area contributed by atoms with E-state index < -0.39 is 23.3 Å². The summed E-state index contributed by atoms with van der Waals surface area (Å²) in [5.41, 5.74) is -0.819. The summed E-state index contributed by atoms with van der Waals surface area (Å²) >= 11 is 0. The summed E-state index contributed by atoms with van der Waals surface area (Å²) < 4.78 is 25.6. The van der Waals surface area contributed by atoms with Crippen molar-refractivity contribution in [2.45, 2.75) is 114 Å². The Labute approximate surface area is 157 Å². The summed E-state index contributed by atoms with van der Waals surface area (Å²) in [6, 6.07) is 0. The van der Waals surface area contributed by atoms with Gasteiger partial charge in [0.15, 0.2) is 11.6 Å². The molecule has 0 aromatic heterocycles. The Morgan fingerprint density at radius 1 is 1.15 bits per heavy atom. The fourth-order valence-corrected chi connectivity index (χ4v) is 5.29. The van der Waals surface area contributed by atoms with Gasteiger partial charge in [-0.2, -0.15) is 0 Å². The van der Waals surface area contributed by atoms with Crippen molar-refractivity contribution in [1.82, 2.24) is 0 Å². The van der Waals surface area contributed by atoms with Crippen molar-refractivity contribution < 1.29 is 24.1 Å². The third kappa shape index (κ3) is 3.06. The van der Waals surface area contributed by atoms with Gasteiger partial charge in [0.25, 0.3) is 0 Å². The van der Waals surface area contributed by atoms with E-state index in [0.29, 0.717) is 0 Å². The zero-order valence-electron chi connectivity index (χ0n) is 16.5. The standard InChI is InChI=1S/C21H34O5/c1-4-19(16(2)22)12-8-17(24-19)18(3)13-14-21(25-18)11-7-10-20(26-21)9-5-6-15-23-20/h7,10,16-17,22H,4-6,8-9,11-15H2,1-3H3/t16-,17+,18-,19+,20+,21-/m0/s1. The first-order chi connectivity index (χ1) is 12.4. The summed E-state index contributed by atoms with van der Waals surface area (Å²) in [7, 11) is 0. The van der Waals surface area contributed by atoms with Crippen LogP contribution in [0.3, 0.4) is 0 Å². The van der Waals surface area contributed by atoms with Crippen LogP contribution >= 0.6 is 0 Å². The first-order valence-electron chi connectivity index (χ1n) is 10.4. The molecule has 5 heteroatoms. The maximum atomic E-state index is 10.2. The van der Waals surface area contributed by atoms with Gasteiger partial charge >= 0.3 is 0 Å². The van der Waals surface area contributed by atoms with Crippen LogP contribution in [-0.2, 0) is 18.9 Å². The third-order valence-electron chi connectivity index (χ3n) is 7.09. The van der Waals surface area contributed by atoms with E-state index in [2.05, 4.69) is 26.0 Å². The molecule has 0 amide bonds. The van der Waals surface area contributed by atoms with E-state index in [1.54, 1.807) is 0 Å². The lowest BCUT2D eigenvalue weighted by Crippen LogP contribution is -2.52. The van der Waals surface area contributed by atoms with E-state index in [1.165, 1.54) is 0 Å². The molecule has 3 saturated heterocycles. The largest absolute Gasteiger partial charge is 0.390 e. The van der Waals surface area contributed by atoms with Crippen LogP contribution in [0.2, 0.25) is 0 Å². The molecule has 0 radical (unpaired) electrons. The number of aliphatic hydroxyl groups is 1. The van der Waals surface area contributed by atoms with Crippen molar-refractivity contribution in [1.29, 1.82) is 0 Å². The normalized spacial score (nSPS) is 49.9. The molecule has 5 nitrogen and oxygen atoms in total. The number of ether oxygens (including phenoxy) is 4. The third-order valence-corrected chi connectivity index (χ3v) is 7.09. The summed E-state index contributed by atoms with van der Waals surface area (Å²) in [6.07, 6.45) is 12.0. The van der Waals surface area contributed by atoms with Crippen LogP contribution in [0.25, 0.3) is 0 Å². The number of aliphatic hydroxyl groups excluding tert-OH is 1. The number of hydrogen-bond donors (Lipinski definition) is 1. The molecule has 0 saturated carbocycles. The molecule has 4 aliphatic rings. The molecular formula is C21H34O5.